The number of rotatable bonds is 4. The van der Waals surface area contributed by atoms with Gasteiger partial charge in [-0.15, -0.1) is 0 Å². The molecule has 0 radical (unpaired) electrons. The summed E-state index contributed by atoms with van der Waals surface area (Å²) in [5, 5.41) is 3.56. The summed E-state index contributed by atoms with van der Waals surface area (Å²) >= 11 is 0. The van der Waals surface area contributed by atoms with E-state index in [2.05, 4.69) is 46.3 Å². The van der Waals surface area contributed by atoms with Crippen molar-refractivity contribution < 1.29 is 0 Å². The second-order valence-corrected chi connectivity index (χ2v) is 5.87. The van der Waals surface area contributed by atoms with Crippen LogP contribution in [0, 0.1) is 6.92 Å². The quantitative estimate of drug-likeness (QED) is 0.894. The summed E-state index contributed by atoms with van der Waals surface area (Å²) in [6, 6.07) is 9.38. The molecular formula is C16H25N3. The molecule has 0 bridgehead atoms. The van der Waals surface area contributed by atoms with Crippen molar-refractivity contribution in [3.8, 4) is 0 Å². The highest BCUT2D eigenvalue weighted by atomic mass is 15.3. The molecule has 2 fully saturated rings. The van der Waals surface area contributed by atoms with Crippen LogP contribution in [0.25, 0.3) is 0 Å². The Morgan fingerprint density at radius 3 is 3.00 bits per heavy atom. The number of piperazine rings is 1. The van der Waals surface area contributed by atoms with Crippen LogP contribution in [0.3, 0.4) is 0 Å². The number of benzene rings is 1. The molecule has 19 heavy (non-hydrogen) atoms. The summed E-state index contributed by atoms with van der Waals surface area (Å²) in [6.07, 6.45) is 2.81. The molecule has 1 aromatic rings. The van der Waals surface area contributed by atoms with Crippen LogP contribution >= 0.6 is 0 Å². The summed E-state index contributed by atoms with van der Waals surface area (Å²) in [7, 11) is 0. The van der Waals surface area contributed by atoms with E-state index in [1.54, 1.807) is 0 Å². The van der Waals surface area contributed by atoms with Gasteiger partial charge in [0, 0.05) is 44.5 Å². The zero-order valence-corrected chi connectivity index (χ0v) is 11.9. The molecule has 0 saturated carbocycles. The smallest absolute Gasteiger partial charge is 0.0370 e. The lowest BCUT2D eigenvalue weighted by Gasteiger charge is -2.37. The SMILES string of the molecule is Cc1ccccc1NCCN1CCN2CCCC2C1. The van der Waals surface area contributed by atoms with Crippen molar-refractivity contribution in [2.75, 3.05) is 44.6 Å². The van der Waals surface area contributed by atoms with Gasteiger partial charge >= 0.3 is 0 Å². The van der Waals surface area contributed by atoms with Crippen LogP contribution in [0.2, 0.25) is 0 Å². The first-order valence-electron chi connectivity index (χ1n) is 7.59. The number of hydrogen-bond acceptors (Lipinski definition) is 3. The minimum atomic E-state index is 0.840. The highest BCUT2D eigenvalue weighted by Crippen LogP contribution is 2.21. The van der Waals surface area contributed by atoms with Gasteiger partial charge in [0.15, 0.2) is 0 Å². The molecule has 3 nitrogen and oxygen atoms in total. The third-order valence-electron chi connectivity index (χ3n) is 4.56. The maximum Gasteiger partial charge on any atom is 0.0370 e. The first-order valence-corrected chi connectivity index (χ1v) is 7.59. The Morgan fingerprint density at radius 1 is 1.21 bits per heavy atom. The predicted octanol–water partition coefficient (Wildman–Crippen LogP) is 2.19. The highest BCUT2D eigenvalue weighted by Gasteiger charge is 2.29. The van der Waals surface area contributed by atoms with Crippen LogP contribution in [-0.4, -0.2) is 55.1 Å². The summed E-state index contributed by atoms with van der Waals surface area (Å²) in [5.41, 5.74) is 2.62. The molecule has 2 heterocycles. The van der Waals surface area contributed by atoms with E-state index >= 15 is 0 Å². The Bertz CT molecular complexity index is 418. The highest BCUT2D eigenvalue weighted by molar-refractivity contribution is 5.50. The van der Waals surface area contributed by atoms with Gasteiger partial charge in [-0.2, -0.15) is 0 Å². The normalized spacial score (nSPS) is 24.4. The Morgan fingerprint density at radius 2 is 2.11 bits per heavy atom. The molecule has 1 aromatic carbocycles. The molecule has 1 atom stereocenters. The third-order valence-corrected chi connectivity index (χ3v) is 4.56. The van der Waals surface area contributed by atoms with Crippen LogP contribution in [0.1, 0.15) is 18.4 Å². The first-order chi connectivity index (χ1) is 9.33. The molecule has 0 amide bonds. The summed E-state index contributed by atoms with van der Waals surface area (Å²) < 4.78 is 0. The molecule has 0 aliphatic carbocycles. The van der Waals surface area contributed by atoms with E-state index in [9.17, 15) is 0 Å². The number of hydrogen-bond donors (Lipinski definition) is 1. The fraction of sp³-hybridized carbons (Fsp3) is 0.625. The number of nitrogens with one attached hydrogen (secondary N) is 1. The zero-order chi connectivity index (χ0) is 13.1. The van der Waals surface area contributed by atoms with Crippen LogP contribution in [0.15, 0.2) is 24.3 Å². The monoisotopic (exact) mass is 259 g/mol. The van der Waals surface area contributed by atoms with E-state index < -0.39 is 0 Å². The minimum absolute atomic E-state index is 0.840. The van der Waals surface area contributed by atoms with Crippen molar-refractivity contribution >= 4 is 5.69 Å². The van der Waals surface area contributed by atoms with Gasteiger partial charge < -0.3 is 5.32 Å². The average molecular weight is 259 g/mol. The van der Waals surface area contributed by atoms with Gasteiger partial charge in [0.2, 0.25) is 0 Å². The number of para-hydroxylation sites is 1. The maximum absolute atomic E-state index is 3.56. The third kappa shape index (κ3) is 3.10. The number of anilines is 1. The Hall–Kier alpha value is -1.06. The molecule has 0 aromatic heterocycles. The van der Waals surface area contributed by atoms with Gasteiger partial charge in [0.1, 0.15) is 0 Å². The van der Waals surface area contributed by atoms with Crippen molar-refractivity contribution in [3.05, 3.63) is 29.8 Å². The van der Waals surface area contributed by atoms with E-state index in [1.165, 1.54) is 56.8 Å². The number of nitrogens with zero attached hydrogens (tertiary/aromatic N) is 2. The van der Waals surface area contributed by atoms with E-state index in [-0.39, 0.29) is 0 Å². The van der Waals surface area contributed by atoms with Crippen LogP contribution in [0.4, 0.5) is 5.69 Å². The van der Waals surface area contributed by atoms with Gasteiger partial charge in [-0.25, -0.2) is 0 Å². The molecule has 3 rings (SSSR count). The van der Waals surface area contributed by atoms with Crippen LogP contribution < -0.4 is 5.32 Å². The van der Waals surface area contributed by atoms with Gasteiger partial charge in [0.25, 0.3) is 0 Å². The Labute approximate surface area is 116 Å². The maximum atomic E-state index is 3.56. The number of fused-ring (bicyclic) bond motifs is 1. The van der Waals surface area contributed by atoms with E-state index in [0.717, 1.165) is 12.6 Å². The molecule has 2 aliphatic rings. The van der Waals surface area contributed by atoms with Crippen molar-refractivity contribution in [2.45, 2.75) is 25.8 Å². The topological polar surface area (TPSA) is 18.5 Å². The summed E-state index contributed by atoms with van der Waals surface area (Å²) in [5.74, 6) is 0. The molecular weight excluding hydrogens is 234 g/mol. The lowest BCUT2D eigenvalue weighted by molar-refractivity contribution is 0.108. The average Bonchev–Trinajstić information content (AvgIpc) is 2.88. The van der Waals surface area contributed by atoms with Gasteiger partial charge in [-0.1, -0.05) is 18.2 Å². The molecule has 2 aliphatic heterocycles. The molecule has 2 saturated heterocycles. The molecule has 1 unspecified atom stereocenters. The van der Waals surface area contributed by atoms with E-state index in [4.69, 9.17) is 0 Å². The largest absolute Gasteiger partial charge is 0.384 e. The fourth-order valence-corrected chi connectivity index (χ4v) is 3.38. The molecule has 0 spiro atoms. The summed E-state index contributed by atoms with van der Waals surface area (Å²) in [6.45, 7) is 9.51. The predicted molar refractivity (Wildman–Crippen MR) is 80.7 cm³/mol. The second-order valence-electron chi connectivity index (χ2n) is 5.87. The Kier molecular flexibility index (Phi) is 4.04. The standard InChI is InChI=1S/C16H25N3/c1-14-5-2-3-7-16(14)17-8-10-18-11-12-19-9-4-6-15(19)13-18/h2-3,5,7,15,17H,4,6,8-13H2,1H3. The Balaban J connectivity index is 1.44. The van der Waals surface area contributed by atoms with Crippen LogP contribution in [-0.2, 0) is 0 Å². The minimum Gasteiger partial charge on any atom is -0.384 e. The van der Waals surface area contributed by atoms with Gasteiger partial charge in [0.05, 0.1) is 0 Å². The van der Waals surface area contributed by atoms with Crippen molar-refractivity contribution in [1.82, 2.24) is 9.80 Å². The van der Waals surface area contributed by atoms with E-state index in [0.29, 0.717) is 0 Å². The second kappa shape index (κ2) is 5.93. The first kappa shape index (κ1) is 12.9. The van der Waals surface area contributed by atoms with Crippen molar-refractivity contribution in [2.24, 2.45) is 0 Å². The van der Waals surface area contributed by atoms with Crippen molar-refractivity contribution in [3.63, 3.8) is 0 Å². The molecule has 1 N–H and O–H groups in total. The van der Waals surface area contributed by atoms with Crippen molar-refractivity contribution in [1.29, 1.82) is 0 Å². The van der Waals surface area contributed by atoms with Gasteiger partial charge in [-0.05, 0) is 37.9 Å². The summed E-state index contributed by atoms with van der Waals surface area (Å²) in [4.78, 5) is 5.29. The van der Waals surface area contributed by atoms with Crippen LogP contribution in [0.5, 0.6) is 0 Å². The molecule has 3 heteroatoms. The lowest BCUT2D eigenvalue weighted by Crippen LogP contribution is -2.51. The van der Waals surface area contributed by atoms with Gasteiger partial charge in [-0.3, -0.25) is 9.80 Å². The van der Waals surface area contributed by atoms with E-state index in [1.807, 2.05) is 0 Å². The lowest BCUT2D eigenvalue weighted by atomic mass is 10.1. The number of aryl methyl sites for hydroxylation is 1. The zero-order valence-electron chi connectivity index (χ0n) is 11.9. The molecule has 104 valence electrons. The fourth-order valence-electron chi connectivity index (χ4n) is 3.38.